The van der Waals surface area contributed by atoms with Crippen molar-refractivity contribution in [2.24, 2.45) is 0 Å². The Labute approximate surface area is 428 Å². The first-order chi connectivity index (χ1) is 36.5. The highest BCUT2D eigenvalue weighted by Crippen LogP contribution is 2.47. The number of pyridine rings is 2. The Balaban J connectivity index is 1.11. The van der Waals surface area contributed by atoms with Crippen molar-refractivity contribution in [1.82, 2.24) is 28.2 Å². The van der Waals surface area contributed by atoms with Crippen LogP contribution in [-0.4, -0.2) is 28.2 Å². The average Bonchev–Trinajstić information content (AvgIpc) is 4.22. The van der Waals surface area contributed by atoms with Crippen molar-refractivity contribution < 1.29 is 0 Å². The molecule has 13 aromatic rings. The van der Waals surface area contributed by atoms with Crippen LogP contribution in [0.5, 0.6) is 0 Å². The molecule has 0 bridgehead atoms. The van der Waals surface area contributed by atoms with Gasteiger partial charge in [-0.15, -0.1) is 25.7 Å². The van der Waals surface area contributed by atoms with Gasteiger partial charge in [0.15, 0.2) is 0 Å². The van der Waals surface area contributed by atoms with Gasteiger partial charge >= 0.3 is 0 Å². The fraction of sp³-hybridized carbons (Fsp3) is 0.0588. The Kier molecular flexibility index (Phi) is 10.6. The van der Waals surface area contributed by atoms with E-state index in [2.05, 4.69) is 237 Å². The lowest BCUT2D eigenvalue weighted by Crippen LogP contribution is -1.96. The Morgan fingerprint density at radius 2 is 0.514 bits per heavy atom. The van der Waals surface area contributed by atoms with Gasteiger partial charge in [-0.1, -0.05) is 145 Å². The maximum absolute atomic E-state index is 5.96. The van der Waals surface area contributed by atoms with Gasteiger partial charge in [0.25, 0.3) is 0 Å². The monoisotopic (exact) mass is 944 g/mol. The molecular weight excluding hydrogens is 901 g/mol. The van der Waals surface area contributed by atoms with E-state index in [0.717, 1.165) is 132 Å². The molecule has 0 aliphatic heterocycles. The molecular formula is C68H44N6. The summed E-state index contributed by atoms with van der Waals surface area (Å²) in [6.07, 6.45) is 32.4. The van der Waals surface area contributed by atoms with E-state index < -0.39 is 0 Å². The van der Waals surface area contributed by atoms with Crippen molar-refractivity contribution in [1.29, 1.82) is 0 Å². The van der Waals surface area contributed by atoms with Crippen molar-refractivity contribution in [2.75, 3.05) is 0 Å². The quantitative estimate of drug-likeness (QED) is 0.101. The van der Waals surface area contributed by atoms with Gasteiger partial charge < -0.3 is 18.3 Å². The van der Waals surface area contributed by atoms with Gasteiger partial charge in [-0.2, -0.15) is 0 Å². The minimum absolute atomic E-state index is 0.432. The minimum Gasteiger partial charge on any atom is -0.335 e. The summed E-state index contributed by atoms with van der Waals surface area (Å²) in [6.45, 7) is 1.73. The summed E-state index contributed by atoms with van der Waals surface area (Å²) < 4.78 is 8.53. The summed E-state index contributed by atoms with van der Waals surface area (Å²) in [7, 11) is 0. The minimum atomic E-state index is 0.432. The van der Waals surface area contributed by atoms with Gasteiger partial charge in [0, 0.05) is 90.7 Å². The molecule has 0 spiro atoms. The van der Waals surface area contributed by atoms with E-state index in [1.165, 1.54) is 0 Å². The van der Waals surface area contributed by atoms with Crippen LogP contribution in [0.25, 0.3) is 132 Å². The smallest absolute Gasteiger partial charge is 0.0835 e. The van der Waals surface area contributed by atoms with Crippen LogP contribution in [0.4, 0.5) is 0 Å². The first kappa shape index (κ1) is 43.8. The average molecular weight is 945 g/mol. The largest absolute Gasteiger partial charge is 0.335 e. The van der Waals surface area contributed by atoms with Crippen LogP contribution in [0.1, 0.15) is 0 Å². The molecule has 0 amide bonds. The van der Waals surface area contributed by atoms with Gasteiger partial charge in [0.2, 0.25) is 0 Å². The molecule has 346 valence electrons. The molecule has 0 saturated carbocycles. The molecule has 0 unspecified atom stereocenters. The zero-order valence-electron chi connectivity index (χ0n) is 40.3. The number of rotatable bonds is 10. The second-order valence-corrected chi connectivity index (χ2v) is 18.7. The fourth-order valence-electron chi connectivity index (χ4n) is 11.4. The lowest BCUT2D eigenvalue weighted by molar-refractivity contribution is 0.886. The third kappa shape index (κ3) is 7.06. The predicted molar refractivity (Wildman–Crippen MR) is 307 cm³/mol. The summed E-state index contributed by atoms with van der Waals surface area (Å²) in [5.41, 5.74) is 15.8. The van der Waals surface area contributed by atoms with Crippen LogP contribution in [0.2, 0.25) is 0 Å². The molecule has 13 rings (SSSR count). The number of aromatic nitrogens is 6. The van der Waals surface area contributed by atoms with Crippen molar-refractivity contribution in [3.05, 3.63) is 195 Å². The summed E-state index contributed by atoms with van der Waals surface area (Å²) in [5, 5.41) is 8.71. The molecule has 74 heavy (non-hydrogen) atoms. The Morgan fingerprint density at radius 1 is 0.297 bits per heavy atom. The number of para-hydroxylation sites is 4. The van der Waals surface area contributed by atoms with E-state index in [1.807, 2.05) is 0 Å². The first-order valence-corrected chi connectivity index (χ1v) is 24.6. The zero-order valence-corrected chi connectivity index (χ0v) is 40.3. The number of nitrogens with zero attached hydrogens (tertiary/aromatic N) is 6. The molecule has 0 N–H and O–H groups in total. The summed E-state index contributed by atoms with van der Waals surface area (Å²) >= 11 is 0. The van der Waals surface area contributed by atoms with Gasteiger partial charge in [-0.25, -0.2) is 9.97 Å². The first-order valence-electron chi connectivity index (χ1n) is 24.6. The number of terminal acetylenes is 4. The van der Waals surface area contributed by atoms with E-state index in [4.69, 9.17) is 35.7 Å². The molecule has 0 radical (unpaired) electrons. The topological polar surface area (TPSA) is 45.5 Å². The molecule has 0 aliphatic carbocycles. The lowest BCUT2D eigenvalue weighted by atomic mass is 9.85. The molecule has 0 atom stereocenters. The third-order valence-corrected chi connectivity index (χ3v) is 14.5. The molecule has 6 nitrogen and oxygen atoms in total. The Morgan fingerprint density at radius 3 is 0.743 bits per heavy atom. The molecule has 6 aromatic heterocycles. The van der Waals surface area contributed by atoms with Crippen LogP contribution in [0.15, 0.2) is 195 Å². The SMILES string of the molecule is C#CCn1cc(-c2cc(-c3c4ccccc4c(-c4cc(-c5cn(CC#C)c6ccccc56)nc(-c5cn(CC#C)c6ccccc56)c4)c4ccccc34)cc(-c3cn(CC#C)c4ccccc34)n2)c2ccccc21. The van der Waals surface area contributed by atoms with Crippen LogP contribution >= 0.6 is 0 Å². The second-order valence-electron chi connectivity index (χ2n) is 18.7. The van der Waals surface area contributed by atoms with Crippen molar-refractivity contribution in [2.45, 2.75) is 26.2 Å². The summed E-state index contributed by atoms with van der Waals surface area (Å²) in [4.78, 5) is 11.1. The Hall–Kier alpha value is -10.2. The number of hydrogen-bond acceptors (Lipinski definition) is 2. The molecule has 0 fully saturated rings. The van der Waals surface area contributed by atoms with E-state index >= 15 is 0 Å². The normalized spacial score (nSPS) is 11.4. The Bertz CT molecular complexity index is 4040. The van der Waals surface area contributed by atoms with Gasteiger partial charge in [-0.05, 0) is 92.3 Å². The standard InChI is InChI=1S/C68H44N6/c1-5-33-71-41-55(47-21-13-17-29-63(47)71)59-37-45(38-60(69-59)56-42-72(34-6-2)64-30-18-14-22-48(56)64)67-51-25-9-11-27-53(51)68(54-28-12-10-26-52(54)67)46-39-61(57-43-73(35-7-3)65-31-19-15-23-49(57)65)70-62(40-46)58-44-74(36-8-4)66-32-20-16-24-50(58)66/h1-4,9-32,37-44H,33-36H2. The second kappa shape index (κ2) is 17.9. The molecule has 0 saturated heterocycles. The van der Waals surface area contributed by atoms with Crippen LogP contribution < -0.4 is 0 Å². The predicted octanol–water partition coefficient (Wildman–Crippen LogP) is 15.1. The lowest BCUT2D eigenvalue weighted by Gasteiger charge is -2.19. The van der Waals surface area contributed by atoms with Crippen LogP contribution in [0.3, 0.4) is 0 Å². The fourth-order valence-corrected chi connectivity index (χ4v) is 11.4. The summed E-state index contributed by atoms with van der Waals surface area (Å²) in [5.74, 6) is 11.5. The van der Waals surface area contributed by atoms with E-state index in [1.54, 1.807) is 0 Å². The molecule has 0 aliphatic rings. The third-order valence-electron chi connectivity index (χ3n) is 14.5. The van der Waals surface area contributed by atoms with Gasteiger partial charge in [0.1, 0.15) is 0 Å². The van der Waals surface area contributed by atoms with Crippen molar-refractivity contribution >= 4 is 65.2 Å². The van der Waals surface area contributed by atoms with E-state index in [0.29, 0.717) is 26.2 Å². The van der Waals surface area contributed by atoms with Crippen molar-refractivity contribution in [3.8, 4) is 117 Å². The van der Waals surface area contributed by atoms with Crippen LogP contribution in [0, 0.1) is 49.4 Å². The number of fused-ring (bicyclic) bond motifs is 6. The zero-order chi connectivity index (χ0) is 49.9. The number of hydrogen-bond donors (Lipinski definition) is 0. The highest BCUT2D eigenvalue weighted by atomic mass is 15.0. The molecule has 6 heterocycles. The number of benzene rings is 7. The van der Waals surface area contributed by atoms with Crippen molar-refractivity contribution in [3.63, 3.8) is 0 Å². The van der Waals surface area contributed by atoms with E-state index in [-0.39, 0.29) is 0 Å². The summed E-state index contributed by atoms with van der Waals surface area (Å²) in [6, 6.07) is 60.2. The molecule has 7 aromatic carbocycles. The highest BCUT2D eigenvalue weighted by Gasteiger charge is 2.24. The van der Waals surface area contributed by atoms with Gasteiger partial charge in [-0.3, -0.25) is 0 Å². The molecule has 6 heteroatoms. The highest BCUT2D eigenvalue weighted by molar-refractivity contribution is 6.22. The van der Waals surface area contributed by atoms with Crippen LogP contribution in [-0.2, 0) is 26.2 Å². The van der Waals surface area contributed by atoms with Gasteiger partial charge in [0.05, 0.1) is 49.0 Å². The maximum Gasteiger partial charge on any atom is 0.0835 e. The maximum atomic E-state index is 5.96. The van der Waals surface area contributed by atoms with E-state index in [9.17, 15) is 0 Å².